The Morgan fingerprint density at radius 2 is 1.83 bits per heavy atom. The lowest BCUT2D eigenvalue weighted by molar-refractivity contribution is 0.451. The molecule has 0 aromatic carbocycles. The molecule has 0 atom stereocenters. The van der Waals surface area contributed by atoms with Gasteiger partial charge in [-0.05, 0) is 0 Å². The normalized spacial score (nSPS) is 11.8. The molecule has 0 saturated heterocycles. The van der Waals surface area contributed by atoms with E-state index in [4.69, 9.17) is 16.2 Å². The van der Waals surface area contributed by atoms with Crippen LogP contribution in [-0.4, -0.2) is 7.11 Å². The molecule has 0 unspecified atom stereocenters. The van der Waals surface area contributed by atoms with E-state index in [0.29, 0.717) is 0 Å². The second-order valence-electron chi connectivity index (χ2n) is 0.892. The van der Waals surface area contributed by atoms with Gasteiger partial charge < -0.3 is 4.52 Å². The Hall–Kier alpha value is 0.110. The van der Waals surface area contributed by atoms with Crippen LogP contribution in [0.5, 0.6) is 0 Å². The van der Waals surface area contributed by atoms with Crippen LogP contribution in [0.1, 0.15) is 0 Å². The van der Waals surface area contributed by atoms with Crippen molar-refractivity contribution in [2.75, 3.05) is 7.11 Å². The van der Waals surface area contributed by atoms with Gasteiger partial charge in [-0.3, -0.25) is 16.2 Å². The summed E-state index contributed by atoms with van der Waals surface area (Å²) < 4.78 is 4.27. The van der Waals surface area contributed by atoms with Crippen molar-refractivity contribution in [3.05, 3.63) is 0 Å². The maximum atomic E-state index is 6.62. The van der Waals surface area contributed by atoms with Crippen molar-refractivity contribution in [3.8, 4) is 0 Å². The lowest BCUT2D eigenvalue weighted by Gasteiger charge is -2.03. The van der Waals surface area contributed by atoms with E-state index in [0.717, 1.165) is 0 Å². The summed E-state index contributed by atoms with van der Waals surface area (Å²) in [6.07, 6.45) is 0. The molecule has 0 aromatic heterocycles. The van der Waals surface area contributed by atoms with Gasteiger partial charge in [0.25, 0.3) is 0 Å². The monoisotopic (exact) mass is 109 g/mol. The minimum atomic E-state index is -2.65. The molecule has 5 N–H and O–H groups in total. The Bertz CT molecular complexity index is 74.9. The predicted octanol–water partition coefficient (Wildman–Crippen LogP) is 0.0752. The summed E-state index contributed by atoms with van der Waals surface area (Å²) in [5.74, 6) is 0. The SMILES string of the molecule is COP(=N)(N)N. The Morgan fingerprint density at radius 1 is 1.67 bits per heavy atom. The summed E-state index contributed by atoms with van der Waals surface area (Å²) in [5, 5.41) is 6.62. The molecule has 0 spiro atoms. The van der Waals surface area contributed by atoms with Crippen LogP contribution in [0.4, 0.5) is 0 Å². The summed E-state index contributed by atoms with van der Waals surface area (Å²) in [5.41, 5.74) is 9.74. The molecule has 0 rings (SSSR count). The summed E-state index contributed by atoms with van der Waals surface area (Å²) in [6, 6.07) is 0. The van der Waals surface area contributed by atoms with E-state index in [1.807, 2.05) is 0 Å². The van der Waals surface area contributed by atoms with Gasteiger partial charge in [-0.15, -0.1) is 0 Å². The van der Waals surface area contributed by atoms with E-state index in [1.165, 1.54) is 7.11 Å². The van der Waals surface area contributed by atoms with E-state index < -0.39 is 7.58 Å². The molecule has 4 nitrogen and oxygen atoms in total. The number of nitrogens with one attached hydrogen (secondary N) is 1. The average Bonchev–Trinajstić information content (AvgIpc) is 1.35. The molecule has 0 saturated carbocycles. The summed E-state index contributed by atoms with van der Waals surface area (Å²) in [7, 11) is -1.33. The zero-order valence-electron chi connectivity index (χ0n) is 3.51. The fourth-order valence-corrected chi connectivity index (χ4v) is 0. The van der Waals surface area contributed by atoms with Gasteiger partial charge in [-0.25, -0.2) is 0 Å². The van der Waals surface area contributed by atoms with Crippen LogP contribution in [0.25, 0.3) is 0 Å². The Kier molecular flexibility index (Phi) is 1.74. The Balaban J connectivity index is 3.48. The van der Waals surface area contributed by atoms with Crippen LogP contribution >= 0.6 is 7.58 Å². The Morgan fingerprint density at radius 3 is 1.83 bits per heavy atom. The highest BCUT2D eigenvalue weighted by molar-refractivity contribution is 7.55. The van der Waals surface area contributed by atoms with Gasteiger partial charge in [0.1, 0.15) is 0 Å². The Labute approximate surface area is 36.5 Å². The summed E-state index contributed by atoms with van der Waals surface area (Å²) in [6.45, 7) is 0. The third kappa shape index (κ3) is 4.11. The van der Waals surface area contributed by atoms with E-state index in [2.05, 4.69) is 4.52 Å². The summed E-state index contributed by atoms with van der Waals surface area (Å²) in [4.78, 5) is 0. The molecule has 0 aliphatic rings. The number of hydrogen-bond acceptors (Lipinski definition) is 2. The van der Waals surface area contributed by atoms with Crippen molar-refractivity contribution in [2.24, 2.45) is 11.0 Å². The molecule has 0 radical (unpaired) electrons. The molecular weight excluding hydrogens is 101 g/mol. The highest BCUT2D eigenvalue weighted by Gasteiger charge is 1.93. The molecule has 0 aromatic rings. The van der Waals surface area contributed by atoms with Crippen LogP contribution in [0.3, 0.4) is 0 Å². The maximum absolute atomic E-state index is 6.62. The van der Waals surface area contributed by atoms with Crippen LogP contribution in [0, 0.1) is 5.16 Å². The highest BCUT2D eigenvalue weighted by Crippen LogP contribution is 2.24. The predicted molar refractivity (Wildman–Crippen MR) is 25.0 cm³/mol. The van der Waals surface area contributed by atoms with Crippen molar-refractivity contribution >= 4 is 7.58 Å². The smallest absolute Gasteiger partial charge is 0.213 e. The molecule has 6 heavy (non-hydrogen) atoms. The topological polar surface area (TPSA) is 85.1 Å². The third-order valence-electron chi connectivity index (χ3n) is 0.302. The number of rotatable bonds is 1. The molecule has 0 fully saturated rings. The first-order valence-electron chi connectivity index (χ1n) is 1.33. The van der Waals surface area contributed by atoms with Crippen molar-refractivity contribution in [3.63, 3.8) is 0 Å². The van der Waals surface area contributed by atoms with E-state index in [-0.39, 0.29) is 0 Å². The molecule has 0 bridgehead atoms. The minimum absolute atomic E-state index is 1.32. The quantitative estimate of drug-likeness (QED) is 0.416. The largest absolute Gasteiger partial charge is 0.325 e. The first-order valence-corrected chi connectivity index (χ1v) is 3.18. The maximum Gasteiger partial charge on any atom is 0.213 e. The molecule has 38 valence electrons. The molecule has 0 aliphatic carbocycles. The van der Waals surface area contributed by atoms with Crippen molar-refractivity contribution in [1.29, 1.82) is 5.16 Å². The van der Waals surface area contributed by atoms with Gasteiger partial charge >= 0.3 is 0 Å². The van der Waals surface area contributed by atoms with Crippen molar-refractivity contribution in [2.45, 2.75) is 0 Å². The van der Waals surface area contributed by atoms with E-state index in [9.17, 15) is 0 Å². The van der Waals surface area contributed by atoms with Crippen molar-refractivity contribution in [1.82, 2.24) is 0 Å². The van der Waals surface area contributed by atoms with Crippen LogP contribution in [-0.2, 0) is 4.52 Å². The standard InChI is InChI=1S/CH8N3OP/c1-5-6(2,3)4/h1H3,(H5,2,3,4). The fourth-order valence-electron chi connectivity index (χ4n) is 0. The van der Waals surface area contributed by atoms with E-state index >= 15 is 0 Å². The second-order valence-corrected chi connectivity index (χ2v) is 2.68. The summed E-state index contributed by atoms with van der Waals surface area (Å²) >= 11 is 0. The van der Waals surface area contributed by atoms with Crippen LogP contribution in [0.15, 0.2) is 0 Å². The van der Waals surface area contributed by atoms with Crippen LogP contribution in [0.2, 0.25) is 0 Å². The lowest BCUT2D eigenvalue weighted by Crippen LogP contribution is -2.04. The zero-order chi connectivity index (χ0) is 5.21. The number of hydrogen-bond donors (Lipinski definition) is 3. The number of nitrogens with two attached hydrogens (primary N) is 2. The van der Waals surface area contributed by atoms with Gasteiger partial charge in [-0.1, -0.05) is 0 Å². The third-order valence-corrected chi connectivity index (χ3v) is 0.906. The molecule has 0 aliphatic heterocycles. The zero-order valence-corrected chi connectivity index (χ0v) is 4.40. The van der Waals surface area contributed by atoms with Gasteiger partial charge in [0.05, 0.1) is 0 Å². The first kappa shape index (κ1) is 6.11. The van der Waals surface area contributed by atoms with Gasteiger partial charge in [0.2, 0.25) is 7.58 Å². The van der Waals surface area contributed by atoms with E-state index in [1.54, 1.807) is 0 Å². The second kappa shape index (κ2) is 1.71. The lowest BCUT2D eigenvalue weighted by atomic mass is 11.8. The highest BCUT2D eigenvalue weighted by atomic mass is 31.2. The molecule has 5 heteroatoms. The first-order chi connectivity index (χ1) is 2.56. The average molecular weight is 109 g/mol. The molecule has 0 heterocycles. The van der Waals surface area contributed by atoms with Crippen molar-refractivity contribution < 1.29 is 4.52 Å². The molecular formula is CH8N3OP. The van der Waals surface area contributed by atoms with Crippen LogP contribution < -0.4 is 11.0 Å². The van der Waals surface area contributed by atoms with Gasteiger partial charge in [0.15, 0.2) is 0 Å². The van der Waals surface area contributed by atoms with Gasteiger partial charge in [-0.2, -0.15) is 0 Å². The minimum Gasteiger partial charge on any atom is -0.325 e. The molecule has 0 amide bonds. The fraction of sp³-hybridized carbons (Fsp3) is 1.00. The van der Waals surface area contributed by atoms with Gasteiger partial charge in [0, 0.05) is 7.11 Å².